The molecule has 5 rings (SSSR count). The van der Waals surface area contributed by atoms with Crippen molar-refractivity contribution < 1.29 is 47.8 Å². The quantitative estimate of drug-likeness (QED) is 0.0758. The van der Waals surface area contributed by atoms with Crippen LogP contribution >= 0.6 is 7.67 Å². The number of esters is 2. The van der Waals surface area contributed by atoms with Crippen molar-refractivity contribution in [1.82, 2.24) is 29.7 Å². The molecule has 1 aliphatic heterocycles. The molecule has 0 amide bonds. The van der Waals surface area contributed by atoms with Crippen molar-refractivity contribution in [3.05, 3.63) is 89.6 Å². The molecule has 290 valence electrons. The lowest BCUT2D eigenvalue weighted by molar-refractivity contribution is -0.150. The topological polar surface area (TPSA) is 231 Å². The van der Waals surface area contributed by atoms with Gasteiger partial charge in [-0.25, -0.2) is 15.2 Å². The van der Waals surface area contributed by atoms with Crippen LogP contribution in [-0.4, -0.2) is 85.3 Å². The number of fused-ring (bicyclic) bond motifs is 1. The Labute approximate surface area is 312 Å². The predicted molar refractivity (Wildman–Crippen MR) is 197 cm³/mol. The van der Waals surface area contributed by atoms with Gasteiger partial charge in [-0.1, -0.05) is 60.7 Å². The maximum absolute atomic E-state index is 15.1. The van der Waals surface area contributed by atoms with E-state index in [4.69, 9.17) is 29.2 Å². The van der Waals surface area contributed by atoms with Crippen molar-refractivity contribution in [3.8, 4) is 5.88 Å². The van der Waals surface area contributed by atoms with Crippen LogP contribution in [0.25, 0.3) is 11.2 Å². The van der Waals surface area contributed by atoms with E-state index in [1.54, 1.807) is 76.2 Å². The number of carbonyl (C=O) groups is 2. The first-order chi connectivity index (χ1) is 25.6. The number of methoxy groups -OCH3 is 1. The number of rotatable bonds is 17. The molecule has 6 N–H and O–H groups in total. The van der Waals surface area contributed by atoms with Gasteiger partial charge in [-0.3, -0.25) is 23.2 Å². The van der Waals surface area contributed by atoms with Crippen LogP contribution in [0.4, 0.5) is 5.95 Å². The highest BCUT2D eigenvalue weighted by molar-refractivity contribution is 7.54. The fourth-order valence-corrected chi connectivity index (χ4v) is 7.46. The Morgan fingerprint density at radius 1 is 0.944 bits per heavy atom. The summed E-state index contributed by atoms with van der Waals surface area (Å²) in [5.41, 5.74) is 5.57. The average molecular weight is 768 g/mol. The zero-order valence-electron chi connectivity index (χ0n) is 30.8. The third-order valence-electron chi connectivity index (χ3n) is 8.20. The van der Waals surface area contributed by atoms with Crippen molar-refractivity contribution in [3.63, 3.8) is 0 Å². The number of hydrogen-bond acceptors (Lipinski definition) is 14. The number of benzene rings is 2. The molecule has 1 aliphatic rings. The minimum atomic E-state index is -4.54. The van der Waals surface area contributed by atoms with Crippen LogP contribution in [0.2, 0.25) is 0 Å². The van der Waals surface area contributed by atoms with Crippen LogP contribution in [-0.2, 0) is 45.7 Å². The maximum Gasteiger partial charge on any atom is 0.342 e. The van der Waals surface area contributed by atoms with E-state index in [2.05, 4.69) is 25.1 Å². The number of ether oxygens (including phenoxy) is 4. The van der Waals surface area contributed by atoms with E-state index in [1.807, 2.05) is 12.1 Å². The summed E-state index contributed by atoms with van der Waals surface area (Å²) in [6.45, 7) is 7.30. The van der Waals surface area contributed by atoms with Crippen LogP contribution in [0.1, 0.15) is 52.0 Å². The van der Waals surface area contributed by atoms with Gasteiger partial charge in [0.25, 0.3) is 0 Å². The molecule has 18 heteroatoms. The lowest BCUT2D eigenvalue weighted by atomic mass is 10.0. The molecule has 0 aliphatic carbocycles. The molecule has 3 heterocycles. The summed E-state index contributed by atoms with van der Waals surface area (Å²) in [7, 11) is -3.16. The third kappa shape index (κ3) is 9.53. The largest absolute Gasteiger partial charge is 0.506 e. The summed E-state index contributed by atoms with van der Waals surface area (Å²) < 4.78 is 44.8. The van der Waals surface area contributed by atoms with E-state index < -0.39 is 68.1 Å². The molecule has 17 nitrogen and oxygen atoms in total. The summed E-state index contributed by atoms with van der Waals surface area (Å²) in [6.07, 6.45) is -1.01. The number of imidazole rings is 1. The van der Waals surface area contributed by atoms with Gasteiger partial charge in [-0.15, -0.1) is 0 Å². The molecule has 4 atom stereocenters. The Morgan fingerprint density at radius 2 is 1.46 bits per heavy atom. The summed E-state index contributed by atoms with van der Waals surface area (Å²) in [5, 5.41) is 28.4. The number of nitrogens with two attached hydrogens (primary N) is 1. The molecule has 0 bridgehead atoms. The van der Waals surface area contributed by atoms with Gasteiger partial charge >= 0.3 is 19.6 Å². The first-order valence-electron chi connectivity index (χ1n) is 17.2. The number of nitrogen functional groups attached to an aromatic ring is 1. The van der Waals surface area contributed by atoms with Crippen molar-refractivity contribution >= 4 is 36.7 Å². The van der Waals surface area contributed by atoms with E-state index in [0.29, 0.717) is 11.1 Å². The number of nitrogens with zero attached hydrogens (tertiary/aromatic N) is 4. The van der Waals surface area contributed by atoms with Crippen LogP contribution < -0.4 is 20.6 Å². The second kappa shape index (κ2) is 17.0. The Morgan fingerprint density at radius 3 is 1.94 bits per heavy atom. The number of aliphatic hydroxyl groups excluding tert-OH is 1. The molecule has 0 fully saturated rings. The molecular formula is C36H46N7O10P. The monoisotopic (exact) mass is 767 g/mol. The van der Waals surface area contributed by atoms with Gasteiger partial charge in [0.15, 0.2) is 28.3 Å². The first-order valence-corrected chi connectivity index (χ1v) is 18.9. The number of anilines is 1. The van der Waals surface area contributed by atoms with Crippen LogP contribution in [0.5, 0.6) is 5.88 Å². The Kier molecular flexibility index (Phi) is 12.6. The minimum Gasteiger partial charge on any atom is -0.506 e. The molecular weight excluding hydrogens is 721 g/mol. The summed E-state index contributed by atoms with van der Waals surface area (Å²) >= 11 is 0. The number of carbonyl (C=O) groups excluding carboxylic acids is 2. The second-order valence-electron chi connectivity index (χ2n) is 13.3. The van der Waals surface area contributed by atoms with E-state index in [1.165, 1.54) is 24.9 Å². The van der Waals surface area contributed by atoms with Crippen LogP contribution in [0.3, 0.4) is 0 Å². The first kappa shape index (κ1) is 40.1. The lowest BCUT2D eigenvalue weighted by Crippen LogP contribution is -2.47. The zero-order chi connectivity index (χ0) is 39.2. The highest BCUT2D eigenvalue weighted by Gasteiger charge is 2.49. The maximum atomic E-state index is 15.1. The number of hydrogen-bond donors (Lipinski definition) is 5. The van der Waals surface area contributed by atoms with Gasteiger partial charge in [0.05, 0.1) is 19.3 Å². The second-order valence-corrected chi connectivity index (χ2v) is 15.2. The molecule has 4 aromatic rings. The van der Waals surface area contributed by atoms with Gasteiger partial charge in [0, 0.05) is 0 Å². The van der Waals surface area contributed by atoms with Crippen molar-refractivity contribution in [2.45, 2.75) is 83.6 Å². The average Bonchev–Trinajstić information content (AvgIpc) is 3.63. The van der Waals surface area contributed by atoms with Gasteiger partial charge in [0.2, 0.25) is 18.1 Å². The fraction of sp³-hybridized carbons (Fsp3) is 0.417. The molecule has 0 saturated heterocycles. The van der Waals surface area contributed by atoms with E-state index in [-0.39, 0.29) is 41.6 Å². The smallest absolute Gasteiger partial charge is 0.342 e. The number of aliphatic hydroxyl groups is 2. The number of nitrogens with one attached hydrogen (secondary N) is 2. The normalized spacial score (nSPS) is 19.4. The van der Waals surface area contributed by atoms with Crippen molar-refractivity contribution in [1.29, 1.82) is 0 Å². The number of aromatic nitrogens is 4. The lowest BCUT2D eigenvalue weighted by Gasteiger charge is -2.29. The Bertz CT molecular complexity index is 1930. The van der Waals surface area contributed by atoms with Gasteiger partial charge < -0.3 is 34.9 Å². The Balaban J connectivity index is 1.49. The van der Waals surface area contributed by atoms with Crippen molar-refractivity contribution in [2.24, 2.45) is 0 Å². The fourth-order valence-electron chi connectivity index (χ4n) is 5.72. The van der Waals surface area contributed by atoms with Gasteiger partial charge in [-0.05, 0) is 58.6 Å². The van der Waals surface area contributed by atoms with Gasteiger partial charge in [0.1, 0.15) is 25.0 Å². The van der Waals surface area contributed by atoms with E-state index in [9.17, 15) is 19.8 Å². The molecule has 3 unspecified atom stereocenters. The van der Waals surface area contributed by atoms with Crippen LogP contribution in [0.15, 0.2) is 78.5 Å². The predicted octanol–water partition coefficient (Wildman–Crippen LogP) is 3.90. The molecule has 0 spiro atoms. The molecule has 2 aromatic carbocycles. The highest BCUT2D eigenvalue weighted by Crippen LogP contribution is 2.45. The summed E-state index contributed by atoms with van der Waals surface area (Å²) in [5.74, 6) is -2.47. The van der Waals surface area contributed by atoms with Crippen molar-refractivity contribution in [2.75, 3.05) is 19.5 Å². The van der Waals surface area contributed by atoms with E-state index in [0.717, 1.165) is 0 Å². The summed E-state index contributed by atoms with van der Waals surface area (Å²) in [4.78, 5) is 39.5. The van der Waals surface area contributed by atoms with Crippen LogP contribution in [0, 0.1) is 0 Å². The Hall–Kier alpha value is -5.06. The SMILES string of the molecule is COc1nc(N)nc2c1ncn2[C@@H]1OC(COP(=O)(NC(Cc2ccccc2)C(=O)OC(C)C)NC(Cc2ccccc2)C(=O)OC(C)C)=C(O)C1(C)O. The standard InChI is InChI=1S/C36H46N7O10P/c1-21(2)51-32(45)25(17-23-13-9-7-10-14-23)41-54(48,42-26(33(46)52-22(3)4)18-24-15-11-8-12-16-24)50-19-27-29(44)36(5,47)34(53-27)43-20-38-28-30(43)39-35(37)40-31(28)49-6/h7-16,20-22,25-26,34,44,47H,17-19H2,1-6H3,(H2,37,39,40)(H2,41,42,48)/t25?,26?,34-,36?,54?/m1/s1. The molecule has 2 aromatic heterocycles. The van der Waals surface area contributed by atoms with Gasteiger partial charge in [-0.2, -0.15) is 9.97 Å². The van der Waals surface area contributed by atoms with E-state index >= 15 is 4.57 Å². The minimum absolute atomic E-state index is 0.0323. The summed E-state index contributed by atoms with van der Waals surface area (Å²) in [6, 6.07) is 15.5. The molecule has 0 saturated carbocycles. The third-order valence-corrected chi connectivity index (χ3v) is 9.99. The molecule has 54 heavy (non-hydrogen) atoms. The molecule has 0 radical (unpaired) electrons. The zero-order valence-corrected chi connectivity index (χ0v) is 31.7. The highest BCUT2D eigenvalue weighted by atomic mass is 31.2.